The van der Waals surface area contributed by atoms with Gasteiger partial charge in [-0.2, -0.15) is 0 Å². The van der Waals surface area contributed by atoms with Crippen molar-refractivity contribution in [1.82, 2.24) is 4.90 Å². The Morgan fingerprint density at radius 1 is 1.00 bits per heavy atom. The molecule has 1 fully saturated rings. The van der Waals surface area contributed by atoms with Crippen molar-refractivity contribution < 1.29 is 9.59 Å². The number of hydrogen-bond acceptors (Lipinski definition) is 2. The molecule has 1 heterocycles. The lowest BCUT2D eigenvalue weighted by Gasteiger charge is -2.32. The molecule has 0 spiro atoms. The van der Waals surface area contributed by atoms with Crippen LogP contribution in [-0.4, -0.2) is 22.4 Å². The molecule has 3 amide bonds. The van der Waals surface area contributed by atoms with Crippen LogP contribution in [0.25, 0.3) is 4.85 Å². The minimum absolute atomic E-state index is 0.112. The minimum atomic E-state index is -1.19. The summed E-state index contributed by atoms with van der Waals surface area (Å²) in [5.74, 6) is -0.381. The smallest absolute Gasteiger partial charge is 0.306 e. The number of para-hydroxylation sites is 1. The molecule has 1 unspecified atom stereocenters. The summed E-state index contributed by atoms with van der Waals surface area (Å²) in [6.07, 6.45) is 0.301. The average molecular weight is 543 g/mol. The van der Waals surface area contributed by atoms with Crippen LogP contribution in [0.15, 0.2) is 71.2 Å². The van der Waals surface area contributed by atoms with Crippen LogP contribution < -0.4 is 4.90 Å². The fourth-order valence-electron chi connectivity index (χ4n) is 4.01. The second-order valence-corrected chi connectivity index (χ2v) is 9.74. The minimum Gasteiger partial charge on any atom is -0.306 e. The van der Waals surface area contributed by atoms with Crippen molar-refractivity contribution in [2.45, 2.75) is 25.4 Å². The lowest BCUT2D eigenvalue weighted by Crippen LogP contribution is -2.48. The number of nitrogens with zero attached hydrogens (tertiary/aromatic N) is 3. The van der Waals surface area contributed by atoms with Gasteiger partial charge in [0.25, 0.3) is 5.91 Å². The van der Waals surface area contributed by atoms with Crippen LogP contribution in [0.1, 0.15) is 18.1 Å². The Balaban J connectivity index is 1.80. The van der Waals surface area contributed by atoms with Crippen molar-refractivity contribution in [3.05, 3.63) is 104 Å². The molecule has 1 aliphatic rings. The first-order valence-corrected chi connectivity index (χ1v) is 11.6. The lowest BCUT2D eigenvalue weighted by atomic mass is 9.90. The fraction of sp³-hybridized carbons (Fsp3) is 0.160. The highest BCUT2D eigenvalue weighted by molar-refractivity contribution is 9.10. The number of urea groups is 1. The number of carbonyl (C=O) groups excluding carboxylic acids is 2. The maximum atomic E-state index is 13.8. The molecule has 166 valence electrons. The van der Waals surface area contributed by atoms with Crippen molar-refractivity contribution in [2.24, 2.45) is 0 Å². The maximum absolute atomic E-state index is 13.8. The lowest BCUT2D eigenvalue weighted by molar-refractivity contribution is -0.124. The molecule has 3 aromatic carbocycles. The van der Waals surface area contributed by atoms with Gasteiger partial charge in [0.2, 0.25) is 0 Å². The molecule has 33 heavy (non-hydrogen) atoms. The number of benzene rings is 3. The van der Waals surface area contributed by atoms with Gasteiger partial charge in [0.05, 0.1) is 12.3 Å². The number of hydrogen-bond donors (Lipinski definition) is 0. The topological polar surface area (TPSA) is 45.0 Å². The summed E-state index contributed by atoms with van der Waals surface area (Å²) >= 11 is 15.7. The zero-order chi connectivity index (χ0) is 23.8. The van der Waals surface area contributed by atoms with Gasteiger partial charge in [0.15, 0.2) is 5.69 Å². The Morgan fingerprint density at radius 3 is 2.27 bits per heavy atom. The number of halogens is 3. The van der Waals surface area contributed by atoms with E-state index in [1.807, 2.05) is 30.3 Å². The first kappa shape index (κ1) is 23.3. The van der Waals surface area contributed by atoms with Crippen LogP contribution in [0, 0.1) is 6.57 Å². The molecule has 1 saturated heterocycles. The summed E-state index contributed by atoms with van der Waals surface area (Å²) in [4.78, 5) is 33.7. The van der Waals surface area contributed by atoms with E-state index in [4.69, 9.17) is 29.8 Å². The van der Waals surface area contributed by atoms with Crippen LogP contribution in [-0.2, 0) is 17.8 Å². The van der Waals surface area contributed by atoms with Crippen molar-refractivity contribution in [3.63, 3.8) is 0 Å². The van der Waals surface area contributed by atoms with Gasteiger partial charge in [-0.15, -0.1) is 0 Å². The van der Waals surface area contributed by atoms with E-state index < -0.39 is 11.6 Å². The molecule has 0 aromatic heterocycles. The molecular formula is C25H18BrCl2N3O2. The molecule has 1 aliphatic heterocycles. The van der Waals surface area contributed by atoms with Crippen molar-refractivity contribution in [3.8, 4) is 0 Å². The van der Waals surface area contributed by atoms with Crippen molar-refractivity contribution in [1.29, 1.82) is 0 Å². The first-order valence-electron chi connectivity index (χ1n) is 10.0. The first-order chi connectivity index (χ1) is 15.7. The molecule has 0 bridgehead atoms. The summed E-state index contributed by atoms with van der Waals surface area (Å²) in [6, 6.07) is 18.8. The van der Waals surface area contributed by atoms with E-state index in [0.717, 1.165) is 14.9 Å². The predicted octanol–water partition coefficient (Wildman–Crippen LogP) is 7.28. The molecule has 5 nitrogen and oxygen atoms in total. The molecule has 3 aromatic rings. The Bertz CT molecular complexity index is 1270. The quantitative estimate of drug-likeness (QED) is 0.251. The van der Waals surface area contributed by atoms with Crippen molar-refractivity contribution in [2.75, 3.05) is 4.90 Å². The third kappa shape index (κ3) is 4.49. The second kappa shape index (κ2) is 9.18. The van der Waals surface area contributed by atoms with E-state index in [0.29, 0.717) is 33.4 Å². The average Bonchev–Trinajstić information content (AvgIpc) is 2.95. The SMILES string of the molecule is [C-]#[N+]c1ccccc1CN1C(=O)N(c2cc(Cl)cc(Cl)c2)C(=O)C1(C)Cc1ccc(Br)cc1. The van der Waals surface area contributed by atoms with Crippen LogP contribution >= 0.6 is 39.1 Å². The third-order valence-corrected chi connectivity index (χ3v) is 6.65. The van der Waals surface area contributed by atoms with Crippen LogP contribution in [0.4, 0.5) is 16.2 Å². The summed E-state index contributed by atoms with van der Waals surface area (Å²) in [5, 5.41) is 0.647. The Morgan fingerprint density at radius 2 is 1.64 bits per heavy atom. The zero-order valence-electron chi connectivity index (χ0n) is 17.6. The standard InChI is InChI=1S/C25H18BrCl2N3O2/c1-25(14-16-7-9-18(26)10-8-16)23(32)31(21-12-19(27)11-20(28)13-21)24(33)30(25)15-17-5-3-4-6-22(17)29-2/h3-13H,14-15H2,1H3. The van der Waals surface area contributed by atoms with Gasteiger partial charge in [-0.25, -0.2) is 14.5 Å². The monoisotopic (exact) mass is 541 g/mol. The van der Waals surface area contributed by atoms with E-state index in [9.17, 15) is 9.59 Å². The molecule has 0 aliphatic carbocycles. The van der Waals surface area contributed by atoms with E-state index >= 15 is 0 Å². The molecule has 0 saturated carbocycles. The van der Waals surface area contributed by atoms with Gasteiger partial charge in [-0.1, -0.05) is 75.5 Å². The molecule has 0 radical (unpaired) electrons. The number of amides is 3. The molecule has 8 heteroatoms. The number of rotatable bonds is 5. The van der Waals surface area contributed by atoms with Crippen LogP contribution in [0.3, 0.4) is 0 Å². The largest absolute Gasteiger partial charge is 0.332 e. The van der Waals surface area contributed by atoms with Gasteiger partial charge in [-0.3, -0.25) is 4.79 Å². The summed E-state index contributed by atoms with van der Waals surface area (Å²) in [5.41, 5.74) is 1.13. The van der Waals surface area contributed by atoms with E-state index in [-0.39, 0.29) is 12.5 Å². The van der Waals surface area contributed by atoms with Crippen LogP contribution in [0.2, 0.25) is 10.0 Å². The summed E-state index contributed by atoms with van der Waals surface area (Å²) in [7, 11) is 0. The van der Waals surface area contributed by atoms with Gasteiger partial charge >= 0.3 is 6.03 Å². The highest BCUT2D eigenvalue weighted by atomic mass is 79.9. The van der Waals surface area contributed by atoms with E-state index in [1.54, 1.807) is 43.3 Å². The second-order valence-electron chi connectivity index (χ2n) is 7.95. The number of anilines is 1. The normalized spacial score (nSPS) is 18.0. The summed E-state index contributed by atoms with van der Waals surface area (Å²) < 4.78 is 0.920. The third-order valence-electron chi connectivity index (χ3n) is 5.69. The summed E-state index contributed by atoms with van der Waals surface area (Å²) in [6.45, 7) is 9.34. The van der Waals surface area contributed by atoms with Crippen molar-refractivity contribution >= 4 is 62.4 Å². The maximum Gasteiger partial charge on any atom is 0.332 e. The van der Waals surface area contributed by atoms with Gasteiger partial charge < -0.3 is 4.90 Å². The molecule has 4 rings (SSSR count). The van der Waals surface area contributed by atoms with E-state index in [1.165, 1.54) is 4.90 Å². The number of imide groups is 1. The van der Waals surface area contributed by atoms with Crippen LogP contribution in [0.5, 0.6) is 0 Å². The Labute approximate surface area is 210 Å². The highest BCUT2D eigenvalue weighted by Crippen LogP contribution is 2.38. The Kier molecular flexibility index (Phi) is 6.49. The molecule has 0 N–H and O–H groups in total. The van der Waals surface area contributed by atoms with Gasteiger partial charge in [-0.05, 0) is 48.4 Å². The highest BCUT2D eigenvalue weighted by Gasteiger charge is 2.54. The number of carbonyl (C=O) groups is 2. The molecule has 1 atom stereocenters. The zero-order valence-corrected chi connectivity index (χ0v) is 20.7. The predicted molar refractivity (Wildman–Crippen MR) is 134 cm³/mol. The van der Waals surface area contributed by atoms with E-state index in [2.05, 4.69) is 20.8 Å². The van der Waals surface area contributed by atoms with Gasteiger partial charge in [0, 0.05) is 27.5 Å². The fourth-order valence-corrected chi connectivity index (χ4v) is 4.79. The Hall–Kier alpha value is -2.85. The molecular weight excluding hydrogens is 525 g/mol. The van der Waals surface area contributed by atoms with Gasteiger partial charge in [0.1, 0.15) is 5.54 Å².